The number of amides is 1. The molecule has 3 aromatic rings. The average Bonchev–Trinajstić information content (AvgIpc) is 3.15. The third-order valence-corrected chi connectivity index (χ3v) is 4.35. The Morgan fingerprint density at radius 1 is 0.929 bits per heavy atom. The molecule has 142 valence electrons. The number of benzene rings is 2. The number of nitrogens with zero attached hydrogens (tertiary/aromatic N) is 2. The average molecular weight is 381 g/mol. The first-order chi connectivity index (χ1) is 13.3. The molecule has 1 heterocycles. The topological polar surface area (TPSA) is 129 Å². The minimum absolute atomic E-state index is 0.0821. The van der Waals surface area contributed by atoms with E-state index in [0.717, 1.165) is 5.56 Å². The highest BCUT2D eigenvalue weighted by atomic mass is 16.6. The molecule has 1 aromatic heterocycles. The molecular weight excluding hydrogens is 366 g/mol. The first-order valence-electron chi connectivity index (χ1n) is 8.19. The van der Waals surface area contributed by atoms with Gasteiger partial charge < -0.3 is 9.73 Å². The van der Waals surface area contributed by atoms with E-state index in [1.807, 2.05) is 0 Å². The largest absolute Gasteiger partial charge is 0.451 e. The van der Waals surface area contributed by atoms with Gasteiger partial charge in [0.15, 0.2) is 5.76 Å². The van der Waals surface area contributed by atoms with Crippen LogP contribution in [0.4, 0.5) is 17.1 Å². The van der Waals surface area contributed by atoms with Gasteiger partial charge in [-0.2, -0.15) is 0 Å². The van der Waals surface area contributed by atoms with Crippen LogP contribution >= 0.6 is 0 Å². The van der Waals surface area contributed by atoms with E-state index in [0.29, 0.717) is 5.56 Å². The van der Waals surface area contributed by atoms with Crippen molar-refractivity contribution >= 4 is 23.0 Å². The highest BCUT2D eigenvalue weighted by molar-refractivity contribution is 6.04. The van der Waals surface area contributed by atoms with Gasteiger partial charge in [-0.1, -0.05) is 18.2 Å². The number of furan rings is 1. The maximum Gasteiger partial charge on any atom is 0.293 e. The molecular formula is C19H15N3O6. The Hall–Kier alpha value is -4.01. The molecule has 0 aliphatic rings. The number of hydrogen-bond acceptors (Lipinski definition) is 6. The quantitative estimate of drug-likeness (QED) is 0.507. The fraction of sp³-hybridized carbons (Fsp3) is 0.105. The monoisotopic (exact) mass is 381 g/mol. The summed E-state index contributed by atoms with van der Waals surface area (Å²) in [5.41, 5.74) is 1.26. The lowest BCUT2D eigenvalue weighted by Crippen LogP contribution is -2.14. The number of nitrogens with one attached hydrogen (secondary N) is 1. The lowest BCUT2D eigenvalue weighted by Gasteiger charge is -2.10. The van der Waals surface area contributed by atoms with Gasteiger partial charge in [0, 0.05) is 12.1 Å². The van der Waals surface area contributed by atoms with Gasteiger partial charge in [-0.15, -0.1) is 0 Å². The zero-order valence-electron chi connectivity index (χ0n) is 15.0. The number of nitro benzene ring substituents is 2. The first-order valence-corrected chi connectivity index (χ1v) is 8.19. The standard InChI is InChI=1S/C19H15N3O6/c1-11-7-8-15(22(26)27)18(12(11)2)20-19(23)17-10-9-16(28-17)13-5-3-4-6-14(13)21(24)25/h3-10H,1-2H3,(H,20,23). The van der Waals surface area contributed by atoms with E-state index in [-0.39, 0.29) is 34.1 Å². The Labute approximate surface area is 158 Å². The smallest absolute Gasteiger partial charge is 0.293 e. The zero-order valence-corrected chi connectivity index (χ0v) is 15.0. The van der Waals surface area contributed by atoms with Gasteiger partial charge in [-0.3, -0.25) is 25.0 Å². The van der Waals surface area contributed by atoms with Crippen molar-refractivity contribution in [2.75, 3.05) is 5.32 Å². The molecule has 0 aliphatic heterocycles. The highest BCUT2D eigenvalue weighted by Crippen LogP contribution is 2.33. The van der Waals surface area contributed by atoms with Crippen molar-refractivity contribution in [3.8, 4) is 11.3 Å². The van der Waals surface area contributed by atoms with Crippen LogP contribution in [0.25, 0.3) is 11.3 Å². The first kappa shape index (κ1) is 18.8. The van der Waals surface area contributed by atoms with Crippen LogP contribution in [-0.2, 0) is 0 Å². The van der Waals surface area contributed by atoms with E-state index in [9.17, 15) is 25.0 Å². The molecule has 2 aromatic carbocycles. The lowest BCUT2D eigenvalue weighted by molar-refractivity contribution is -0.384. The number of para-hydroxylation sites is 1. The summed E-state index contributed by atoms with van der Waals surface area (Å²) in [4.78, 5) is 33.9. The molecule has 28 heavy (non-hydrogen) atoms. The van der Waals surface area contributed by atoms with Crippen LogP contribution in [-0.4, -0.2) is 15.8 Å². The summed E-state index contributed by atoms with van der Waals surface area (Å²) in [6.45, 7) is 3.44. The summed E-state index contributed by atoms with van der Waals surface area (Å²) in [5, 5.41) is 24.9. The second kappa shape index (κ2) is 7.31. The molecule has 1 N–H and O–H groups in total. The highest BCUT2D eigenvalue weighted by Gasteiger charge is 2.23. The molecule has 0 unspecified atom stereocenters. The van der Waals surface area contributed by atoms with Gasteiger partial charge in [0.05, 0.1) is 15.4 Å². The second-order valence-electron chi connectivity index (χ2n) is 6.05. The summed E-state index contributed by atoms with van der Waals surface area (Å²) >= 11 is 0. The molecule has 0 bridgehead atoms. The van der Waals surface area contributed by atoms with Crippen molar-refractivity contribution in [1.29, 1.82) is 0 Å². The van der Waals surface area contributed by atoms with Crippen LogP contribution in [0.1, 0.15) is 21.7 Å². The summed E-state index contributed by atoms with van der Waals surface area (Å²) in [7, 11) is 0. The summed E-state index contributed by atoms with van der Waals surface area (Å²) in [5.74, 6) is -0.669. The van der Waals surface area contributed by atoms with Crippen LogP contribution < -0.4 is 5.32 Å². The van der Waals surface area contributed by atoms with Crippen molar-refractivity contribution in [1.82, 2.24) is 0 Å². The molecule has 0 aliphatic carbocycles. The fourth-order valence-electron chi connectivity index (χ4n) is 2.73. The Morgan fingerprint density at radius 3 is 2.29 bits per heavy atom. The lowest BCUT2D eigenvalue weighted by atomic mass is 10.1. The second-order valence-corrected chi connectivity index (χ2v) is 6.05. The Bertz CT molecular complexity index is 1100. The van der Waals surface area contributed by atoms with Crippen LogP contribution in [0.3, 0.4) is 0 Å². The van der Waals surface area contributed by atoms with E-state index in [1.54, 1.807) is 26.0 Å². The SMILES string of the molecule is Cc1ccc([N+](=O)[O-])c(NC(=O)c2ccc(-c3ccccc3[N+](=O)[O-])o2)c1C. The van der Waals surface area contributed by atoms with Crippen LogP contribution in [0.5, 0.6) is 0 Å². The van der Waals surface area contributed by atoms with Gasteiger partial charge in [0.25, 0.3) is 17.3 Å². The van der Waals surface area contributed by atoms with Crippen molar-refractivity contribution < 1.29 is 19.1 Å². The molecule has 0 saturated heterocycles. The predicted octanol–water partition coefficient (Wildman–Crippen LogP) is 4.63. The van der Waals surface area contributed by atoms with Gasteiger partial charge in [-0.25, -0.2) is 0 Å². The van der Waals surface area contributed by atoms with E-state index in [1.165, 1.54) is 36.4 Å². The molecule has 0 radical (unpaired) electrons. The predicted molar refractivity (Wildman–Crippen MR) is 101 cm³/mol. The van der Waals surface area contributed by atoms with Crippen molar-refractivity contribution in [3.05, 3.63) is 85.6 Å². The number of carbonyl (C=O) groups excluding carboxylic acids is 1. The molecule has 0 saturated carbocycles. The maximum absolute atomic E-state index is 12.6. The summed E-state index contributed by atoms with van der Waals surface area (Å²) in [6, 6.07) is 11.7. The summed E-state index contributed by atoms with van der Waals surface area (Å²) < 4.78 is 5.48. The third-order valence-electron chi connectivity index (χ3n) is 4.35. The number of nitro groups is 2. The number of aryl methyl sites for hydroxylation is 1. The van der Waals surface area contributed by atoms with Crippen molar-refractivity contribution in [2.45, 2.75) is 13.8 Å². The normalized spacial score (nSPS) is 10.5. The van der Waals surface area contributed by atoms with E-state index < -0.39 is 15.8 Å². The minimum Gasteiger partial charge on any atom is -0.451 e. The number of carbonyl (C=O) groups is 1. The number of rotatable bonds is 5. The Balaban J connectivity index is 1.94. The third kappa shape index (κ3) is 3.45. The van der Waals surface area contributed by atoms with Crippen LogP contribution in [0.2, 0.25) is 0 Å². The molecule has 9 nitrogen and oxygen atoms in total. The number of anilines is 1. The minimum atomic E-state index is -0.693. The van der Waals surface area contributed by atoms with Gasteiger partial charge in [0.1, 0.15) is 11.4 Å². The molecule has 3 rings (SSSR count). The Morgan fingerprint density at radius 2 is 1.61 bits per heavy atom. The molecule has 1 amide bonds. The molecule has 0 atom stereocenters. The fourth-order valence-corrected chi connectivity index (χ4v) is 2.73. The maximum atomic E-state index is 12.6. The molecule has 9 heteroatoms. The van der Waals surface area contributed by atoms with Crippen LogP contribution in [0, 0.1) is 34.1 Å². The zero-order chi connectivity index (χ0) is 20.4. The van der Waals surface area contributed by atoms with Gasteiger partial charge in [0.2, 0.25) is 0 Å². The van der Waals surface area contributed by atoms with Crippen molar-refractivity contribution in [2.24, 2.45) is 0 Å². The number of hydrogen-bond donors (Lipinski definition) is 1. The molecule has 0 spiro atoms. The van der Waals surface area contributed by atoms with E-state index in [2.05, 4.69) is 5.32 Å². The van der Waals surface area contributed by atoms with Crippen molar-refractivity contribution in [3.63, 3.8) is 0 Å². The Kier molecular flexibility index (Phi) is 4.90. The summed E-state index contributed by atoms with van der Waals surface area (Å²) in [6.07, 6.45) is 0. The van der Waals surface area contributed by atoms with E-state index in [4.69, 9.17) is 4.42 Å². The van der Waals surface area contributed by atoms with Gasteiger partial charge in [-0.05, 0) is 43.2 Å². The molecule has 0 fully saturated rings. The van der Waals surface area contributed by atoms with Gasteiger partial charge >= 0.3 is 0 Å². The van der Waals surface area contributed by atoms with Crippen LogP contribution in [0.15, 0.2) is 52.9 Å². The van der Waals surface area contributed by atoms with E-state index >= 15 is 0 Å².